The average molecular weight is 265 g/mol. The normalized spacial score (nSPS) is 13.5. The van der Waals surface area contributed by atoms with Gasteiger partial charge in [0.25, 0.3) is 0 Å². The summed E-state index contributed by atoms with van der Waals surface area (Å²) in [6.07, 6.45) is 3.82. The molecule has 104 valence electrons. The lowest BCUT2D eigenvalue weighted by molar-refractivity contribution is 0.728. The Morgan fingerprint density at radius 1 is 1.00 bits per heavy atom. The van der Waals surface area contributed by atoms with E-state index in [0.29, 0.717) is 0 Å². The Morgan fingerprint density at radius 3 is 2.70 bits per heavy atom. The predicted molar refractivity (Wildman–Crippen MR) is 86.0 cm³/mol. The van der Waals surface area contributed by atoms with E-state index in [9.17, 15) is 0 Å². The third-order valence-corrected chi connectivity index (χ3v) is 4.24. The molecule has 1 heteroatoms. The van der Waals surface area contributed by atoms with Crippen molar-refractivity contribution in [3.05, 3.63) is 58.7 Å². The van der Waals surface area contributed by atoms with Gasteiger partial charge in [-0.2, -0.15) is 0 Å². The molecule has 0 spiro atoms. The molecule has 0 radical (unpaired) electrons. The summed E-state index contributed by atoms with van der Waals surface area (Å²) in [7, 11) is 0. The zero-order valence-electron chi connectivity index (χ0n) is 12.5. The lowest BCUT2D eigenvalue weighted by Gasteiger charge is -2.13. The highest BCUT2D eigenvalue weighted by Crippen LogP contribution is 2.30. The van der Waals surface area contributed by atoms with Crippen LogP contribution in [0.5, 0.6) is 0 Å². The number of nitrogens with one attached hydrogen (secondary N) is 1. The van der Waals surface area contributed by atoms with Crippen molar-refractivity contribution < 1.29 is 0 Å². The van der Waals surface area contributed by atoms with E-state index >= 15 is 0 Å². The molecule has 2 aromatic rings. The summed E-state index contributed by atoms with van der Waals surface area (Å²) >= 11 is 0. The molecule has 20 heavy (non-hydrogen) atoms. The Labute approximate surface area is 122 Å². The first kappa shape index (κ1) is 13.4. The number of rotatable bonds is 4. The van der Waals surface area contributed by atoms with Crippen LogP contribution in [0.4, 0.5) is 0 Å². The third kappa shape index (κ3) is 2.64. The molecule has 3 rings (SSSR count). The Kier molecular flexibility index (Phi) is 3.88. The van der Waals surface area contributed by atoms with E-state index in [1.54, 1.807) is 11.1 Å². The molecule has 2 aromatic carbocycles. The van der Waals surface area contributed by atoms with Crippen molar-refractivity contribution in [3.63, 3.8) is 0 Å². The maximum atomic E-state index is 3.45. The van der Waals surface area contributed by atoms with E-state index in [4.69, 9.17) is 0 Å². The summed E-state index contributed by atoms with van der Waals surface area (Å²) in [5.41, 5.74) is 8.60. The fraction of sp³-hybridized carbons (Fsp3) is 0.368. The second-order valence-corrected chi connectivity index (χ2v) is 5.78. The molecule has 0 unspecified atom stereocenters. The standard InChI is InChI=1S/C19H23N/c1-3-20-13-18-8-7-14(2)11-19(18)17-10-9-15-5-4-6-16(15)12-17/h7-12,20H,3-6,13H2,1-2H3. The van der Waals surface area contributed by atoms with Gasteiger partial charge in [-0.1, -0.05) is 48.9 Å². The lowest BCUT2D eigenvalue weighted by atomic mass is 9.95. The molecule has 0 bridgehead atoms. The van der Waals surface area contributed by atoms with E-state index in [-0.39, 0.29) is 0 Å². The molecular formula is C19H23N. The van der Waals surface area contributed by atoms with Crippen molar-refractivity contribution in [2.75, 3.05) is 6.54 Å². The molecule has 0 aliphatic heterocycles. The number of hydrogen-bond acceptors (Lipinski definition) is 1. The second kappa shape index (κ2) is 5.80. The van der Waals surface area contributed by atoms with E-state index < -0.39 is 0 Å². The van der Waals surface area contributed by atoms with Crippen LogP contribution in [0.15, 0.2) is 36.4 Å². The molecule has 0 aromatic heterocycles. The molecule has 0 atom stereocenters. The maximum Gasteiger partial charge on any atom is 0.0211 e. The molecule has 1 aliphatic carbocycles. The Morgan fingerprint density at radius 2 is 1.85 bits per heavy atom. The second-order valence-electron chi connectivity index (χ2n) is 5.78. The van der Waals surface area contributed by atoms with Crippen LogP contribution in [-0.2, 0) is 19.4 Å². The van der Waals surface area contributed by atoms with Gasteiger partial charge in [-0.3, -0.25) is 0 Å². The first-order chi connectivity index (χ1) is 9.78. The van der Waals surface area contributed by atoms with Crippen molar-refractivity contribution in [1.29, 1.82) is 0 Å². The number of benzene rings is 2. The number of aryl methyl sites for hydroxylation is 3. The van der Waals surface area contributed by atoms with E-state index in [1.807, 2.05) is 0 Å². The van der Waals surface area contributed by atoms with Crippen LogP contribution < -0.4 is 5.32 Å². The molecule has 0 saturated heterocycles. The summed E-state index contributed by atoms with van der Waals surface area (Å²) < 4.78 is 0. The highest BCUT2D eigenvalue weighted by Gasteiger charge is 2.13. The van der Waals surface area contributed by atoms with Crippen LogP contribution in [-0.4, -0.2) is 6.54 Å². The fourth-order valence-electron chi connectivity index (χ4n) is 3.11. The van der Waals surface area contributed by atoms with Gasteiger partial charge in [-0.15, -0.1) is 0 Å². The minimum Gasteiger partial charge on any atom is -0.313 e. The summed E-state index contributed by atoms with van der Waals surface area (Å²) in [6.45, 7) is 6.29. The van der Waals surface area contributed by atoms with Gasteiger partial charge in [0.2, 0.25) is 0 Å². The Bertz CT molecular complexity index is 613. The Balaban J connectivity index is 2.01. The zero-order valence-corrected chi connectivity index (χ0v) is 12.5. The third-order valence-electron chi connectivity index (χ3n) is 4.24. The topological polar surface area (TPSA) is 12.0 Å². The van der Waals surface area contributed by atoms with Crippen LogP contribution >= 0.6 is 0 Å². The lowest BCUT2D eigenvalue weighted by Crippen LogP contribution is -2.12. The smallest absolute Gasteiger partial charge is 0.0211 e. The van der Waals surface area contributed by atoms with Gasteiger partial charge in [0.05, 0.1) is 0 Å². The first-order valence-corrected chi connectivity index (χ1v) is 7.70. The maximum absolute atomic E-state index is 3.45. The van der Waals surface area contributed by atoms with Crippen molar-refractivity contribution in [1.82, 2.24) is 5.32 Å². The Hall–Kier alpha value is -1.60. The number of fused-ring (bicyclic) bond motifs is 1. The van der Waals surface area contributed by atoms with E-state index in [2.05, 4.69) is 55.6 Å². The fourth-order valence-corrected chi connectivity index (χ4v) is 3.11. The van der Waals surface area contributed by atoms with Gasteiger partial charge >= 0.3 is 0 Å². The molecule has 1 aliphatic rings. The molecule has 1 N–H and O–H groups in total. The van der Waals surface area contributed by atoms with Gasteiger partial charge < -0.3 is 5.32 Å². The van der Waals surface area contributed by atoms with Gasteiger partial charge in [0, 0.05) is 6.54 Å². The van der Waals surface area contributed by atoms with Gasteiger partial charge in [0.1, 0.15) is 0 Å². The summed E-state index contributed by atoms with van der Waals surface area (Å²) in [6, 6.07) is 13.8. The molecule has 0 fully saturated rings. The molecule has 0 amide bonds. The van der Waals surface area contributed by atoms with Crippen LogP contribution in [0.3, 0.4) is 0 Å². The van der Waals surface area contributed by atoms with Crippen molar-refractivity contribution in [2.24, 2.45) is 0 Å². The number of hydrogen-bond donors (Lipinski definition) is 1. The van der Waals surface area contributed by atoms with Gasteiger partial charge in [0.15, 0.2) is 0 Å². The van der Waals surface area contributed by atoms with Crippen LogP contribution in [0.2, 0.25) is 0 Å². The summed E-state index contributed by atoms with van der Waals surface area (Å²) in [4.78, 5) is 0. The average Bonchev–Trinajstić information content (AvgIpc) is 2.93. The van der Waals surface area contributed by atoms with E-state index in [0.717, 1.165) is 13.1 Å². The summed E-state index contributed by atoms with van der Waals surface area (Å²) in [5, 5.41) is 3.45. The van der Waals surface area contributed by atoms with Crippen LogP contribution in [0.25, 0.3) is 11.1 Å². The highest BCUT2D eigenvalue weighted by molar-refractivity contribution is 5.69. The minimum atomic E-state index is 0.948. The molecular weight excluding hydrogens is 242 g/mol. The summed E-state index contributed by atoms with van der Waals surface area (Å²) in [5.74, 6) is 0. The van der Waals surface area contributed by atoms with Crippen molar-refractivity contribution in [2.45, 2.75) is 39.7 Å². The van der Waals surface area contributed by atoms with Crippen molar-refractivity contribution >= 4 is 0 Å². The van der Waals surface area contributed by atoms with Crippen molar-refractivity contribution in [3.8, 4) is 11.1 Å². The largest absolute Gasteiger partial charge is 0.313 e. The minimum absolute atomic E-state index is 0.948. The quantitative estimate of drug-likeness (QED) is 0.871. The molecule has 1 nitrogen and oxygen atoms in total. The van der Waals surface area contributed by atoms with E-state index in [1.165, 1.54) is 41.5 Å². The zero-order chi connectivity index (χ0) is 13.9. The van der Waals surface area contributed by atoms with Crippen LogP contribution in [0.1, 0.15) is 35.6 Å². The SMILES string of the molecule is CCNCc1ccc(C)cc1-c1ccc2c(c1)CCC2. The monoisotopic (exact) mass is 265 g/mol. The predicted octanol–water partition coefficient (Wildman–Crippen LogP) is 4.26. The first-order valence-electron chi connectivity index (χ1n) is 7.70. The van der Waals surface area contributed by atoms with Gasteiger partial charge in [-0.05, 0) is 60.5 Å². The van der Waals surface area contributed by atoms with Crippen LogP contribution in [0, 0.1) is 6.92 Å². The van der Waals surface area contributed by atoms with Gasteiger partial charge in [-0.25, -0.2) is 0 Å². The highest BCUT2D eigenvalue weighted by atomic mass is 14.8. The molecule has 0 saturated carbocycles. The molecule has 0 heterocycles.